The van der Waals surface area contributed by atoms with Crippen molar-refractivity contribution in [3.63, 3.8) is 0 Å². The van der Waals surface area contributed by atoms with Gasteiger partial charge in [-0.3, -0.25) is 0 Å². The Kier molecular flexibility index (Phi) is 5.41. The lowest BCUT2D eigenvalue weighted by Crippen LogP contribution is -2.33. The average molecular weight is 378 g/mol. The number of hydrogen-bond acceptors (Lipinski definition) is 6. The minimum Gasteiger partial charge on any atom is -0.370 e. The minimum atomic E-state index is -2.95. The molecule has 0 spiro atoms. The molecule has 1 saturated heterocycles. The van der Waals surface area contributed by atoms with Crippen LogP contribution in [0.3, 0.4) is 0 Å². The molecule has 0 saturated carbocycles. The molecule has 140 valence electrons. The standard InChI is InChI=1S/C18H23FN4O2S/c1-13-21-17(20-9-7-14-5-3-4-6-16(14)19)11-18(22-13)23(2)15-8-10-26(24,25)12-15/h3-6,11,15H,7-10,12H2,1-2H3,(H,20,21,22). The van der Waals surface area contributed by atoms with Gasteiger partial charge in [0, 0.05) is 25.7 Å². The number of sulfone groups is 1. The normalized spacial score (nSPS) is 18.7. The van der Waals surface area contributed by atoms with Gasteiger partial charge in [-0.2, -0.15) is 0 Å². The molecule has 3 rings (SSSR count). The highest BCUT2D eigenvalue weighted by atomic mass is 32.2. The number of nitrogens with zero attached hydrogens (tertiary/aromatic N) is 3. The van der Waals surface area contributed by atoms with E-state index < -0.39 is 9.84 Å². The first-order valence-electron chi connectivity index (χ1n) is 8.60. The summed E-state index contributed by atoms with van der Waals surface area (Å²) >= 11 is 0. The van der Waals surface area contributed by atoms with Crippen molar-refractivity contribution in [1.29, 1.82) is 0 Å². The van der Waals surface area contributed by atoms with Crippen LogP contribution in [0.25, 0.3) is 0 Å². The Morgan fingerprint density at radius 2 is 2.08 bits per heavy atom. The van der Waals surface area contributed by atoms with E-state index in [-0.39, 0.29) is 23.4 Å². The highest BCUT2D eigenvalue weighted by Crippen LogP contribution is 2.23. The smallest absolute Gasteiger partial charge is 0.152 e. The van der Waals surface area contributed by atoms with Crippen molar-refractivity contribution in [2.45, 2.75) is 25.8 Å². The van der Waals surface area contributed by atoms with Crippen molar-refractivity contribution in [3.05, 3.63) is 47.5 Å². The van der Waals surface area contributed by atoms with Crippen molar-refractivity contribution in [3.8, 4) is 0 Å². The third-order valence-electron chi connectivity index (χ3n) is 4.60. The van der Waals surface area contributed by atoms with Gasteiger partial charge in [0.15, 0.2) is 9.84 Å². The summed E-state index contributed by atoms with van der Waals surface area (Å²) < 4.78 is 37.1. The average Bonchev–Trinajstić information content (AvgIpc) is 2.95. The quantitative estimate of drug-likeness (QED) is 0.831. The molecular weight excluding hydrogens is 355 g/mol. The Labute approximate surface area is 153 Å². The van der Waals surface area contributed by atoms with Crippen LogP contribution >= 0.6 is 0 Å². The SMILES string of the molecule is Cc1nc(NCCc2ccccc2F)cc(N(C)C2CCS(=O)(=O)C2)n1. The summed E-state index contributed by atoms with van der Waals surface area (Å²) in [7, 11) is -1.10. The summed E-state index contributed by atoms with van der Waals surface area (Å²) in [5, 5.41) is 3.20. The van der Waals surface area contributed by atoms with E-state index in [4.69, 9.17) is 0 Å². The van der Waals surface area contributed by atoms with Crippen molar-refractivity contribution in [2.75, 3.05) is 35.3 Å². The van der Waals surface area contributed by atoms with Crippen LogP contribution in [0.4, 0.5) is 16.0 Å². The Morgan fingerprint density at radius 1 is 1.31 bits per heavy atom. The Bertz CT molecular complexity index is 889. The summed E-state index contributed by atoms with van der Waals surface area (Å²) in [5.41, 5.74) is 0.652. The van der Waals surface area contributed by atoms with Gasteiger partial charge in [-0.15, -0.1) is 0 Å². The van der Waals surface area contributed by atoms with Gasteiger partial charge >= 0.3 is 0 Å². The van der Waals surface area contributed by atoms with Crippen LogP contribution in [0.1, 0.15) is 17.8 Å². The Balaban J connectivity index is 1.67. The second kappa shape index (κ2) is 7.57. The highest BCUT2D eigenvalue weighted by molar-refractivity contribution is 7.91. The lowest BCUT2D eigenvalue weighted by molar-refractivity contribution is 0.600. The molecule has 0 aliphatic carbocycles. The number of benzene rings is 1. The van der Waals surface area contributed by atoms with Crippen LogP contribution in [0.5, 0.6) is 0 Å². The van der Waals surface area contributed by atoms with Crippen molar-refractivity contribution < 1.29 is 12.8 Å². The van der Waals surface area contributed by atoms with Crippen molar-refractivity contribution in [2.24, 2.45) is 0 Å². The Hall–Kier alpha value is -2.22. The molecule has 0 bridgehead atoms. The zero-order chi connectivity index (χ0) is 18.7. The molecule has 1 aliphatic rings. The minimum absolute atomic E-state index is 0.0689. The van der Waals surface area contributed by atoms with E-state index in [1.54, 1.807) is 25.1 Å². The summed E-state index contributed by atoms with van der Waals surface area (Å²) in [6, 6.07) is 8.44. The molecule has 0 amide bonds. The van der Waals surface area contributed by atoms with E-state index in [9.17, 15) is 12.8 Å². The second-order valence-corrected chi connectivity index (χ2v) is 8.82. The summed E-state index contributed by atoms with van der Waals surface area (Å²) in [6.07, 6.45) is 1.15. The van der Waals surface area contributed by atoms with Crippen LogP contribution in [0, 0.1) is 12.7 Å². The predicted molar refractivity (Wildman–Crippen MR) is 101 cm³/mol. The largest absolute Gasteiger partial charge is 0.370 e. The number of anilines is 2. The molecule has 8 heteroatoms. The highest BCUT2D eigenvalue weighted by Gasteiger charge is 2.31. The third-order valence-corrected chi connectivity index (χ3v) is 6.35. The zero-order valence-corrected chi connectivity index (χ0v) is 15.8. The molecule has 1 atom stereocenters. The lowest BCUT2D eigenvalue weighted by atomic mass is 10.1. The first-order valence-corrected chi connectivity index (χ1v) is 10.4. The Morgan fingerprint density at radius 3 is 2.77 bits per heavy atom. The number of aromatic nitrogens is 2. The molecule has 2 aromatic rings. The number of rotatable bonds is 6. The van der Waals surface area contributed by atoms with E-state index in [0.29, 0.717) is 42.4 Å². The predicted octanol–water partition coefficient (Wildman–Crippen LogP) is 2.20. The van der Waals surface area contributed by atoms with Crippen LogP contribution in [0.15, 0.2) is 30.3 Å². The van der Waals surface area contributed by atoms with Crippen LogP contribution < -0.4 is 10.2 Å². The fourth-order valence-corrected chi connectivity index (χ4v) is 4.89. The van der Waals surface area contributed by atoms with E-state index in [2.05, 4.69) is 15.3 Å². The van der Waals surface area contributed by atoms with Gasteiger partial charge < -0.3 is 10.2 Å². The second-order valence-electron chi connectivity index (χ2n) is 6.59. The summed E-state index contributed by atoms with van der Waals surface area (Å²) in [6.45, 7) is 2.34. The number of halogens is 1. The molecule has 1 aromatic carbocycles. The molecule has 0 radical (unpaired) electrons. The molecule has 1 N–H and O–H groups in total. The first kappa shape index (κ1) is 18.6. The number of nitrogens with one attached hydrogen (secondary N) is 1. The number of hydrogen-bond donors (Lipinski definition) is 1. The van der Waals surface area contributed by atoms with Crippen molar-refractivity contribution >= 4 is 21.5 Å². The monoisotopic (exact) mass is 378 g/mol. The van der Waals surface area contributed by atoms with Gasteiger partial charge in [0.1, 0.15) is 23.3 Å². The summed E-state index contributed by atoms with van der Waals surface area (Å²) in [5.74, 6) is 2.10. The molecule has 1 aliphatic heterocycles. The fraction of sp³-hybridized carbons (Fsp3) is 0.444. The first-order chi connectivity index (χ1) is 12.3. The lowest BCUT2D eigenvalue weighted by Gasteiger charge is -2.25. The molecule has 6 nitrogen and oxygen atoms in total. The maximum absolute atomic E-state index is 13.7. The van der Waals surface area contributed by atoms with Crippen LogP contribution in [-0.2, 0) is 16.3 Å². The van der Waals surface area contributed by atoms with E-state index in [1.165, 1.54) is 6.07 Å². The van der Waals surface area contributed by atoms with E-state index >= 15 is 0 Å². The van der Waals surface area contributed by atoms with Gasteiger partial charge in [0.25, 0.3) is 0 Å². The van der Waals surface area contributed by atoms with Gasteiger partial charge in [-0.1, -0.05) is 18.2 Å². The van der Waals surface area contributed by atoms with Crippen LogP contribution in [-0.4, -0.2) is 49.5 Å². The molecule has 2 heterocycles. The maximum Gasteiger partial charge on any atom is 0.152 e. The van der Waals surface area contributed by atoms with Crippen molar-refractivity contribution in [1.82, 2.24) is 9.97 Å². The van der Waals surface area contributed by atoms with Gasteiger partial charge in [0.05, 0.1) is 11.5 Å². The molecule has 26 heavy (non-hydrogen) atoms. The van der Waals surface area contributed by atoms with Gasteiger partial charge in [-0.25, -0.2) is 22.8 Å². The molecule has 1 aromatic heterocycles. The number of aryl methyl sites for hydroxylation is 1. The fourth-order valence-electron chi connectivity index (χ4n) is 3.12. The maximum atomic E-state index is 13.7. The topological polar surface area (TPSA) is 75.2 Å². The van der Waals surface area contributed by atoms with Crippen LogP contribution in [0.2, 0.25) is 0 Å². The van der Waals surface area contributed by atoms with Gasteiger partial charge in [0.2, 0.25) is 0 Å². The zero-order valence-electron chi connectivity index (χ0n) is 14.9. The molecular formula is C18H23FN4O2S. The van der Waals surface area contributed by atoms with Gasteiger partial charge in [-0.05, 0) is 31.4 Å². The van der Waals surface area contributed by atoms with E-state index in [0.717, 1.165) is 0 Å². The van der Waals surface area contributed by atoms with E-state index in [1.807, 2.05) is 18.0 Å². The third kappa shape index (κ3) is 4.49. The summed E-state index contributed by atoms with van der Waals surface area (Å²) in [4.78, 5) is 10.7. The molecule has 1 fully saturated rings. The molecule has 1 unspecified atom stereocenters.